The summed E-state index contributed by atoms with van der Waals surface area (Å²) in [6.07, 6.45) is 0.628. The van der Waals surface area contributed by atoms with Gasteiger partial charge in [-0.3, -0.25) is 0 Å². The lowest BCUT2D eigenvalue weighted by Crippen LogP contribution is -2.07. The Morgan fingerprint density at radius 3 is 1.80 bits per heavy atom. The van der Waals surface area contributed by atoms with Gasteiger partial charge in [0.2, 0.25) is 0 Å². The van der Waals surface area contributed by atoms with Crippen molar-refractivity contribution in [1.82, 2.24) is 4.57 Å². The van der Waals surface area contributed by atoms with E-state index in [0.717, 1.165) is 60.9 Å². The Kier molecular flexibility index (Phi) is 9.97. The minimum absolute atomic E-state index is 0.0404. The lowest BCUT2D eigenvalue weighted by molar-refractivity contribution is 0.759. The van der Waals surface area contributed by atoms with E-state index in [4.69, 9.17) is 0 Å². The maximum atomic E-state index is 11.3. The van der Waals surface area contributed by atoms with Crippen LogP contribution in [0.25, 0.3) is 72.0 Å². The Bertz CT molecular complexity index is 3180. The number of fused-ring (bicyclic) bond motifs is 3. The van der Waals surface area contributed by atoms with Gasteiger partial charge >= 0.3 is 0 Å². The molecule has 0 bridgehead atoms. The van der Waals surface area contributed by atoms with Crippen molar-refractivity contribution in [3.8, 4) is 62.3 Å². The van der Waals surface area contributed by atoms with E-state index in [1.807, 2.05) is 19.1 Å². The van der Waals surface area contributed by atoms with Gasteiger partial charge in [0.25, 0.3) is 0 Å². The number of hydrogen-bond donors (Lipinski definition) is 0. The lowest BCUT2D eigenvalue weighted by atomic mass is 9.83. The van der Waals surface area contributed by atoms with Gasteiger partial charge in [0, 0.05) is 10.8 Å². The van der Waals surface area contributed by atoms with Crippen molar-refractivity contribution in [2.24, 2.45) is 0 Å². The van der Waals surface area contributed by atoms with Crippen LogP contribution in [0.5, 0.6) is 0 Å². The molecular formula is C57H45N3. The van der Waals surface area contributed by atoms with Gasteiger partial charge in [-0.15, -0.1) is 0 Å². The summed E-state index contributed by atoms with van der Waals surface area (Å²) in [5.41, 5.74) is 20.0. The van der Waals surface area contributed by atoms with E-state index in [1.165, 1.54) is 44.5 Å². The molecule has 1 atom stereocenters. The van der Waals surface area contributed by atoms with Crippen molar-refractivity contribution in [1.29, 1.82) is 10.5 Å². The third-order valence-corrected chi connectivity index (χ3v) is 12.1. The summed E-state index contributed by atoms with van der Waals surface area (Å²) < 4.78 is 2.29. The summed E-state index contributed by atoms with van der Waals surface area (Å²) in [5, 5.41) is 23.7. The van der Waals surface area contributed by atoms with E-state index >= 15 is 0 Å². The van der Waals surface area contributed by atoms with Crippen LogP contribution in [0.3, 0.4) is 0 Å². The van der Waals surface area contributed by atoms with Crippen molar-refractivity contribution in [2.75, 3.05) is 0 Å². The molecule has 0 spiro atoms. The molecule has 60 heavy (non-hydrogen) atoms. The molecule has 3 heteroatoms. The highest BCUT2D eigenvalue weighted by atomic mass is 15.0. The van der Waals surface area contributed by atoms with Crippen molar-refractivity contribution in [3.05, 3.63) is 208 Å². The summed E-state index contributed by atoms with van der Waals surface area (Å²) >= 11 is 0. The van der Waals surface area contributed by atoms with Gasteiger partial charge in [0.05, 0.1) is 33.9 Å². The first-order valence-corrected chi connectivity index (χ1v) is 20.7. The molecule has 0 unspecified atom stereocenters. The molecule has 0 N–H and O–H groups in total. The van der Waals surface area contributed by atoms with Crippen LogP contribution in [-0.2, 0) is 6.42 Å². The van der Waals surface area contributed by atoms with E-state index < -0.39 is 0 Å². The SMILES string of the molecule is Cc1ccc(-c2ccc(-c3ccccc3C)c([C@H](C)Cc3cc(-c4cc(C)cc(C#N)c4)cc(-n4c5ccccc5c5ccc(-c6ccc(C)cc6)cc54)c3C#N)c2)cc1. The minimum Gasteiger partial charge on any atom is -0.308 e. The van der Waals surface area contributed by atoms with Crippen LogP contribution in [0.4, 0.5) is 0 Å². The molecule has 9 rings (SSSR count). The van der Waals surface area contributed by atoms with Gasteiger partial charge in [-0.25, -0.2) is 0 Å². The second-order valence-electron chi connectivity index (χ2n) is 16.4. The molecule has 0 saturated heterocycles. The molecule has 0 fully saturated rings. The van der Waals surface area contributed by atoms with Crippen LogP contribution >= 0.6 is 0 Å². The largest absolute Gasteiger partial charge is 0.308 e. The van der Waals surface area contributed by atoms with Crippen molar-refractivity contribution in [3.63, 3.8) is 0 Å². The second-order valence-corrected chi connectivity index (χ2v) is 16.4. The molecule has 1 heterocycles. The van der Waals surface area contributed by atoms with E-state index in [-0.39, 0.29) is 5.92 Å². The molecule has 0 aliphatic rings. The molecule has 9 aromatic rings. The Hall–Kier alpha value is -7.46. The summed E-state index contributed by atoms with van der Waals surface area (Å²) in [4.78, 5) is 0. The Balaban J connectivity index is 1.28. The lowest BCUT2D eigenvalue weighted by Gasteiger charge is -2.22. The molecule has 3 nitrogen and oxygen atoms in total. The second kappa shape index (κ2) is 15.7. The highest BCUT2D eigenvalue weighted by Gasteiger charge is 2.23. The summed E-state index contributed by atoms with van der Waals surface area (Å²) in [7, 11) is 0. The molecule has 0 aliphatic heterocycles. The normalized spacial score (nSPS) is 11.7. The quantitative estimate of drug-likeness (QED) is 0.154. The fraction of sp³-hybridized carbons (Fsp3) is 0.123. The monoisotopic (exact) mass is 771 g/mol. The number of hydrogen-bond acceptors (Lipinski definition) is 2. The number of rotatable bonds is 8. The van der Waals surface area contributed by atoms with Gasteiger partial charge in [-0.1, -0.05) is 145 Å². The smallest absolute Gasteiger partial charge is 0.102 e. The Labute approximate surface area is 353 Å². The number of aryl methyl sites for hydroxylation is 4. The van der Waals surface area contributed by atoms with Crippen LogP contribution in [0.2, 0.25) is 0 Å². The zero-order valence-electron chi connectivity index (χ0n) is 34.7. The zero-order chi connectivity index (χ0) is 41.5. The summed E-state index contributed by atoms with van der Waals surface area (Å²) in [5.74, 6) is 0.0404. The van der Waals surface area contributed by atoms with Gasteiger partial charge < -0.3 is 4.57 Å². The minimum atomic E-state index is 0.0404. The first-order chi connectivity index (χ1) is 29.2. The van der Waals surface area contributed by atoms with Crippen LogP contribution in [0.15, 0.2) is 164 Å². The molecule has 0 saturated carbocycles. The van der Waals surface area contributed by atoms with Crippen molar-refractivity contribution in [2.45, 2.75) is 47.0 Å². The van der Waals surface area contributed by atoms with Crippen LogP contribution in [0.1, 0.15) is 57.3 Å². The number of aromatic nitrogens is 1. The van der Waals surface area contributed by atoms with Gasteiger partial charge in [0.15, 0.2) is 0 Å². The maximum Gasteiger partial charge on any atom is 0.102 e. The Morgan fingerprint density at radius 1 is 0.483 bits per heavy atom. The van der Waals surface area contributed by atoms with Crippen molar-refractivity contribution < 1.29 is 0 Å². The fourth-order valence-corrected chi connectivity index (χ4v) is 8.94. The van der Waals surface area contributed by atoms with Gasteiger partial charge in [-0.05, 0) is 143 Å². The van der Waals surface area contributed by atoms with Crippen LogP contribution < -0.4 is 0 Å². The van der Waals surface area contributed by atoms with E-state index in [0.29, 0.717) is 17.5 Å². The molecular weight excluding hydrogens is 727 g/mol. The molecule has 0 aliphatic carbocycles. The molecule has 1 aromatic heterocycles. The maximum absolute atomic E-state index is 11.3. The highest BCUT2D eigenvalue weighted by Crippen LogP contribution is 2.41. The number of nitrogens with zero attached hydrogens (tertiary/aromatic N) is 3. The highest BCUT2D eigenvalue weighted by molar-refractivity contribution is 6.10. The van der Waals surface area contributed by atoms with Crippen LogP contribution in [-0.4, -0.2) is 4.57 Å². The number of para-hydroxylation sites is 1. The summed E-state index contributed by atoms with van der Waals surface area (Å²) in [6, 6.07) is 63.5. The molecule has 8 aromatic carbocycles. The van der Waals surface area contributed by atoms with E-state index in [1.54, 1.807) is 0 Å². The standard InChI is InChI=1S/C57H45N3/c1-36-14-18-42(19-15-36)44-22-24-50(49-11-7-6-10-39(49)4)53(31-44)40(5)28-48-30-47(46-27-38(3)26-41(29-46)34-58)33-57(54(48)35-59)60-55-13-9-8-12-51(55)52-25-23-45(32-56(52)60)43-20-16-37(2)17-21-43/h6-27,29-33,40H,28H2,1-5H3/t40-/m1/s1. The van der Waals surface area contributed by atoms with Crippen molar-refractivity contribution >= 4 is 21.8 Å². The number of nitriles is 2. The third-order valence-electron chi connectivity index (χ3n) is 12.1. The Morgan fingerprint density at radius 2 is 1.10 bits per heavy atom. The zero-order valence-corrected chi connectivity index (χ0v) is 34.7. The fourth-order valence-electron chi connectivity index (χ4n) is 8.94. The van der Waals surface area contributed by atoms with Gasteiger partial charge in [0.1, 0.15) is 6.07 Å². The van der Waals surface area contributed by atoms with Gasteiger partial charge in [-0.2, -0.15) is 10.5 Å². The van der Waals surface area contributed by atoms with E-state index in [2.05, 4.69) is 196 Å². The first-order valence-electron chi connectivity index (χ1n) is 20.7. The molecule has 0 radical (unpaired) electrons. The molecule has 0 amide bonds. The average molecular weight is 772 g/mol. The number of benzene rings is 8. The van der Waals surface area contributed by atoms with Crippen LogP contribution in [0, 0.1) is 50.4 Å². The molecule has 288 valence electrons. The summed E-state index contributed by atoms with van der Waals surface area (Å²) in [6.45, 7) is 10.7. The predicted octanol–water partition coefficient (Wildman–Crippen LogP) is 14.8. The third kappa shape index (κ3) is 7.06. The predicted molar refractivity (Wildman–Crippen MR) is 249 cm³/mol. The first kappa shape index (κ1) is 38.1. The van der Waals surface area contributed by atoms with E-state index in [9.17, 15) is 10.5 Å². The average Bonchev–Trinajstić information content (AvgIpc) is 3.60. The topological polar surface area (TPSA) is 52.5 Å².